The van der Waals surface area contributed by atoms with Gasteiger partial charge < -0.3 is 29.3 Å². The van der Waals surface area contributed by atoms with Crippen molar-refractivity contribution in [3.8, 4) is 11.5 Å². The van der Waals surface area contributed by atoms with Gasteiger partial charge in [0.1, 0.15) is 0 Å². The van der Waals surface area contributed by atoms with E-state index in [1.807, 2.05) is 17.0 Å². The van der Waals surface area contributed by atoms with Crippen LogP contribution in [0.3, 0.4) is 0 Å². The van der Waals surface area contributed by atoms with Crippen molar-refractivity contribution in [2.45, 2.75) is 77.3 Å². The molecule has 0 aromatic heterocycles. The molecule has 4 rings (SSSR count). The Bertz CT molecular complexity index is 944. The Labute approximate surface area is 234 Å². The van der Waals surface area contributed by atoms with E-state index in [-0.39, 0.29) is 17.9 Å². The van der Waals surface area contributed by atoms with Gasteiger partial charge in [0.25, 0.3) is 5.91 Å². The number of benzene rings is 1. The van der Waals surface area contributed by atoms with Crippen molar-refractivity contribution in [3.63, 3.8) is 0 Å². The first kappa shape index (κ1) is 29.7. The molecule has 1 heterocycles. The zero-order valence-electron chi connectivity index (χ0n) is 24.5. The summed E-state index contributed by atoms with van der Waals surface area (Å²) in [7, 11) is 3.28. The fourth-order valence-corrected chi connectivity index (χ4v) is 6.11. The average molecular weight is 544 g/mol. The second-order valence-electron chi connectivity index (χ2n) is 11.8. The number of hydrogen-bond donors (Lipinski definition) is 1. The second kappa shape index (κ2) is 14.4. The van der Waals surface area contributed by atoms with Crippen LogP contribution in [0.2, 0.25) is 0 Å². The van der Waals surface area contributed by atoms with Gasteiger partial charge in [-0.25, -0.2) is 0 Å². The number of rotatable bonds is 14. The van der Waals surface area contributed by atoms with Crippen LogP contribution in [0.15, 0.2) is 18.2 Å². The Hall–Kier alpha value is -2.32. The first-order valence-corrected chi connectivity index (χ1v) is 15.0. The van der Waals surface area contributed by atoms with E-state index in [4.69, 9.17) is 14.2 Å². The molecule has 218 valence electrons. The summed E-state index contributed by atoms with van der Waals surface area (Å²) in [5.74, 6) is 2.44. The molecule has 0 bridgehead atoms. The van der Waals surface area contributed by atoms with E-state index < -0.39 is 0 Å². The van der Waals surface area contributed by atoms with Gasteiger partial charge in [-0.1, -0.05) is 19.3 Å². The van der Waals surface area contributed by atoms with E-state index in [0.29, 0.717) is 60.6 Å². The van der Waals surface area contributed by atoms with Crippen molar-refractivity contribution in [1.29, 1.82) is 0 Å². The molecule has 0 unspecified atom stereocenters. The SMILES string of the molecule is COCCCOc1cc(C(=O)N(C[C@@H]2CNC[C@H]2CN(C(=O)C2CCCCC2)C2CC2)C(C)C)ccc1OC. The van der Waals surface area contributed by atoms with E-state index in [1.54, 1.807) is 20.3 Å². The monoisotopic (exact) mass is 543 g/mol. The quantitative estimate of drug-likeness (QED) is 0.351. The van der Waals surface area contributed by atoms with Crippen molar-refractivity contribution in [1.82, 2.24) is 15.1 Å². The van der Waals surface area contributed by atoms with Crippen LogP contribution in [0.4, 0.5) is 0 Å². The minimum Gasteiger partial charge on any atom is -0.493 e. The minimum atomic E-state index is -0.00243. The molecule has 2 atom stereocenters. The van der Waals surface area contributed by atoms with Crippen molar-refractivity contribution < 1.29 is 23.8 Å². The third kappa shape index (κ3) is 7.88. The molecular weight excluding hydrogens is 494 g/mol. The highest BCUT2D eigenvalue weighted by Crippen LogP contribution is 2.35. The molecule has 2 aliphatic carbocycles. The molecule has 2 amide bonds. The highest BCUT2D eigenvalue weighted by atomic mass is 16.5. The number of nitrogens with one attached hydrogen (secondary N) is 1. The smallest absolute Gasteiger partial charge is 0.254 e. The topological polar surface area (TPSA) is 80.3 Å². The highest BCUT2D eigenvalue weighted by Gasteiger charge is 2.40. The Morgan fingerprint density at radius 2 is 1.67 bits per heavy atom. The summed E-state index contributed by atoms with van der Waals surface area (Å²) in [6, 6.07) is 5.90. The van der Waals surface area contributed by atoms with Crippen LogP contribution in [-0.4, -0.2) is 87.3 Å². The fraction of sp³-hybridized carbons (Fsp3) is 0.742. The average Bonchev–Trinajstić information content (AvgIpc) is 3.70. The summed E-state index contributed by atoms with van der Waals surface area (Å²) in [6.07, 6.45) is 8.73. The molecule has 3 aliphatic rings. The Morgan fingerprint density at radius 1 is 0.949 bits per heavy atom. The third-order valence-electron chi connectivity index (χ3n) is 8.61. The number of amides is 2. The minimum absolute atomic E-state index is 0.00243. The van der Waals surface area contributed by atoms with Crippen LogP contribution in [0.25, 0.3) is 0 Å². The summed E-state index contributed by atoms with van der Waals surface area (Å²) in [5.41, 5.74) is 0.598. The molecule has 1 aliphatic heterocycles. The van der Waals surface area contributed by atoms with Crippen molar-refractivity contribution in [2.75, 3.05) is 53.6 Å². The molecule has 1 saturated heterocycles. The second-order valence-corrected chi connectivity index (χ2v) is 11.8. The lowest BCUT2D eigenvalue weighted by atomic mass is 9.87. The van der Waals surface area contributed by atoms with E-state index >= 15 is 0 Å². The molecule has 8 nitrogen and oxygen atoms in total. The van der Waals surface area contributed by atoms with Crippen LogP contribution in [0.5, 0.6) is 11.5 Å². The van der Waals surface area contributed by atoms with Gasteiger partial charge >= 0.3 is 0 Å². The zero-order chi connectivity index (χ0) is 27.8. The molecule has 0 radical (unpaired) electrons. The molecule has 39 heavy (non-hydrogen) atoms. The van der Waals surface area contributed by atoms with Crippen molar-refractivity contribution >= 4 is 11.8 Å². The molecule has 1 aromatic carbocycles. The van der Waals surface area contributed by atoms with E-state index in [2.05, 4.69) is 24.1 Å². The Balaban J connectivity index is 1.43. The number of nitrogens with zero attached hydrogens (tertiary/aromatic N) is 2. The summed E-state index contributed by atoms with van der Waals surface area (Å²) in [4.78, 5) is 31.5. The fourth-order valence-electron chi connectivity index (χ4n) is 6.11. The maximum Gasteiger partial charge on any atom is 0.254 e. The van der Waals surface area contributed by atoms with E-state index in [0.717, 1.165) is 51.7 Å². The van der Waals surface area contributed by atoms with Gasteiger partial charge in [-0.15, -0.1) is 0 Å². The predicted molar refractivity (Wildman–Crippen MR) is 152 cm³/mol. The zero-order valence-corrected chi connectivity index (χ0v) is 24.5. The number of carbonyl (C=O) groups is 2. The summed E-state index contributed by atoms with van der Waals surface area (Å²) >= 11 is 0. The van der Waals surface area contributed by atoms with Gasteiger partial charge in [0.05, 0.1) is 13.7 Å². The predicted octanol–water partition coefficient (Wildman–Crippen LogP) is 4.37. The van der Waals surface area contributed by atoms with E-state index in [9.17, 15) is 9.59 Å². The van der Waals surface area contributed by atoms with Gasteiger partial charge in [-0.2, -0.15) is 0 Å². The van der Waals surface area contributed by atoms with Gasteiger partial charge in [0, 0.05) is 69.9 Å². The van der Waals surface area contributed by atoms with Crippen LogP contribution in [-0.2, 0) is 9.53 Å². The molecule has 1 aromatic rings. The maximum absolute atomic E-state index is 13.8. The van der Waals surface area contributed by atoms with Crippen LogP contribution in [0.1, 0.15) is 75.6 Å². The first-order valence-electron chi connectivity index (χ1n) is 15.0. The molecule has 1 N–H and O–H groups in total. The van der Waals surface area contributed by atoms with Gasteiger partial charge in [0.15, 0.2) is 11.5 Å². The molecule has 2 saturated carbocycles. The lowest BCUT2D eigenvalue weighted by molar-refractivity contribution is -0.138. The van der Waals surface area contributed by atoms with Gasteiger partial charge in [-0.05, 0) is 69.6 Å². The molecular formula is C31H49N3O5. The van der Waals surface area contributed by atoms with Crippen LogP contribution in [0, 0.1) is 17.8 Å². The summed E-state index contributed by atoms with van der Waals surface area (Å²) in [6.45, 7) is 8.49. The standard InChI is InChI=1S/C31H49N3O5/c1-22(2)33(31(36)24-11-14-28(38-4)29(17-24)39-16-8-15-37-3)20-25-18-32-19-26(25)21-34(27-12-13-27)30(35)23-9-6-5-7-10-23/h11,14,17,22-23,25-27,32H,5-10,12-13,15-16,18-21H2,1-4H3/t25-,26-/m0/s1. The Kier molecular flexibility index (Phi) is 10.9. The van der Waals surface area contributed by atoms with Crippen LogP contribution < -0.4 is 14.8 Å². The highest BCUT2D eigenvalue weighted by molar-refractivity contribution is 5.95. The van der Waals surface area contributed by atoms with Gasteiger partial charge in [0.2, 0.25) is 5.91 Å². The summed E-state index contributed by atoms with van der Waals surface area (Å²) in [5, 5.41) is 3.56. The number of hydrogen-bond acceptors (Lipinski definition) is 6. The lowest BCUT2D eigenvalue weighted by Gasteiger charge is -2.35. The number of methoxy groups -OCH3 is 2. The summed E-state index contributed by atoms with van der Waals surface area (Å²) < 4.78 is 16.5. The largest absolute Gasteiger partial charge is 0.493 e. The Morgan fingerprint density at radius 3 is 2.31 bits per heavy atom. The first-order chi connectivity index (χ1) is 18.9. The maximum atomic E-state index is 13.8. The number of carbonyl (C=O) groups excluding carboxylic acids is 2. The number of ether oxygens (including phenoxy) is 3. The van der Waals surface area contributed by atoms with Crippen molar-refractivity contribution in [2.24, 2.45) is 17.8 Å². The lowest BCUT2D eigenvalue weighted by Crippen LogP contribution is -2.46. The van der Waals surface area contributed by atoms with Crippen molar-refractivity contribution in [3.05, 3.63) is 23.8 Å². The third-order valence-corrected chi connectivity index (χ3v) is 8.61. The van der Waals surface area contributed by atoms with Crippen LogP contribution >= 0.6 is 0 Å². The normalized spacial score (nSPS) is 21.7. The molecule has 8 heteroatoms. The molecule has 3 fully saturated rings. The molecule has 0 spiro atoms. The van der Waals surface area contributed by atoms with Gasteiger partial charge in [-0.3, -0.25) is 9.59 Å². The van der Waals surface area contributed by atoms with E-state index in [1.165, 1.54) is 19.3 Å².